The number of ether oxygens (including phenoxy) is 1. The highest BCUT2D eigenvalue weighted by atomic mass is 16.5. The van der Waals surface area contributed by atoms with E-state index >= 15 is 0 Å². The van der Waals surface area contributed by atoms with Gasteiger partial charge in [-0.3, -0.25) is 0 Å². The second-order valence-electron chi connectivity index (χ2n) is 5.39. The zero-order valence-electron chi connectivity index (χ0n) is 10.8. The van der Waals surface area contributed by atoms with Gasteiger partial charge in [0.15, 0.2) is 0 Å². The predicted octanol–water partition coefficient (Wildman–Crippen LogP) is 2.68. The molecule has 0 bridgehead atoms. The van der Waals surface area contributed by atoms with E-state index in [1.54, 1.807) is 0 Å². The van der Waals surface area contributed by atoms with Gasteiger partial charge in [0.25, 0.3) is 0 Å². The minimum atomic E-state index is 0.524. The van der Waals surface area contributed by atoms with Crippen molar-refractivity contribution in [1.82, 2.24) is 5.32 Å². The number of hydrogen-bond donors (Lipinski definition) is 1. The van der Waals surface area contributed by atoms with Crippen LogP contribution in [0.3, 0.4) is 0 Å². The van der Waals surface area contributed by atoms with E-state index in [0.29, 0.717) is 12.0 Å². The average Bonchev–Trinajstić information content (AvgIpc) is 2.20. The number of rotatable bonds is 5. The lowest BCUT2D eigenvalue weighted by atomic mass is 9.80. The van der Waals surface area contributed by atoms with Gasteiger partial charge in [-0.1, -0.05) is 20.8 Å². The molecule has 1 N–H and O–H groups in total. The highest BCUT2D eigenvalue weighted by Gasteiger charge is 2.25. The van der Waals surface area contributed by atoms with E-state index < -0.39 is 0 Å². The lowest BCUT2D eigenvalue weighted by Crippen LogP contribution is -2.29. The maximum atomic E-state index is 5.98. The summed E-state index contributed by atoms with van der Waals surface area (Å²) in [5, 5.41) is 3.19. The molecule has 0 aliphatic heterocycles. The summed E-state index contributed by atoms with van der Waals surface area (Å²) in [4.78, 5) is 0. The number of nitrogens with one attached hydrogen (secondary N) is 1. The smallest absolute Gasteiger partial charge is 0.0578 e. The van der Waals surface area contributed by atoms with Crippen LogP contribution in [0.1, 0.15) is 40.0 Å². The molecule has 0 heterocycles. The van der Waals surface area contributed by atoms with Crippen LogP contribution in [0.25, 0.3) is 0 Å². The van der Waals surface area contributed by atoms with Crippen molar-refractivity contribution in [3.8, 4) is 0 Å². The third-order valence-corrected chi connectivity index (χ3v) is 3.72. The molecule has 0 aromatic heterocycles. The van der Waals surface area contributed by atoms with Crippen LogP contribution in [0.5, 0.6) is 0 Å². The van der Waals surface area contributed by atoms with Crippen LogP contribution in [-0.2, 0) is 4.74 Å². The molecule has 1 saturated carbocycles. The molecule has 15 heavy (non-hydrogen) atoms. The van der Waals surface area contributed by atoms with Gasteiger partial charge in [0.2, 0.25) is 0 Å². The Hall–Kier alpha value is -0.0800. The molecule has 0 aromatic carbocycles. The van der Waals surface area contributed by atoms with Crippen molar-refractivity contribution in [3.05, 3.63) is 0 Å². The summed E-state index contributed by atoms with van der Waals surface area (Å²) in [6, 6.07) is 0. The van der Waals surface area contributed by atoms with Gasteiger partial charge in [-0.05, 0) is 50.6 Å². The van der Waals surface area contributed by atoms with Crippen LogP contribution in [0.4, 0.5) is 0 Å². The molecule has 0 aromatic rings. The minimum Gasteiger partial charge on any atom is -0.378 e. The Balaban J connectivity index is 2.16. The second kappa shape index (κ2) is 6.49. The summed E-state index contributed by atoms with van der Waals surface area (Å²) in [7, 11) is 2.00. The highest BCUT2D eigenvalue weighted by molar-refractivity contribution is 4.75. The first-order valence-corrected chi connectivity index (χ1v) is 6.39. The van der Waals surface area contributed by atoms with Crippen LogP contribution >= 0.6 is 0 Å². The molecule has 2 nitrogen and oxygen atoms in total. The Morgan fingerprint density at radius 2 is 2.00 bits per heavy atom. The minimum absolute atomic E-state index is 0.524. The molecule has 90 valence electrons. The maximum Gasteiger partial charge on any atom is 0.0578 e. The van der Waals surface area contributed by atoms with E-state index in [1.165, 1.54) is 19.3 Å². The number of hydrogen-bond acceptors (Lipinski definition) is 2. The molecule has 0 spiro atoms. The molecule has 1 aliphatic carbocycles. The van der Waals surface area contributed by atoms with E-state index in [0.717, 1.165) is 25.0 Å². The fourth-order valence-electron chi connectivity index (χ4n) is 2.36. The zero-order chi connectivity index (χ0) is 11.3. The third-order valence-electron chi connectivity index (χ3n) is 3.72. The van der Waals surface area contributed by atoms with Gasteiger partial charge in [-0.15, -0.1) is 0 Å². The van der Waals surface area contributed by atoms with E-state index in [1.807, 2.05) is 7.05 Å². The first-order valence-electron chi connectivity index (χ1n) is 6.39. The molecule has 0 amide bonds. The Morgan fingerprint density at radius 3 is 2.60 bits per heavy atom. The van der Waals surface area contributed by atoms with Crippen molar-refractivity contribution < 1.29 is 4.74 Å². The fourth-order valence-corrected chi connectivity index (χ4v) is 2.36. The Kier molecular flexibility index (Phi) is 5.62. The van der Waals surface area contributed by atoms with Crippen LogP contribution in [0, 0.1) is 17.8 Å². The van der Waals surface area contributed by atoms with Gasteiger partial charge in [0.05, 0.1) is 12.7 Å². The highest BCUT2D eigenvalue weighted by Crippen LogP contribution is 2.30. The average molecular weight is 213 g/mol. The molecule has 1 fully saturated rings. The van der Waals surface area contributed by atoms with E-state index in [9.17, 15) is 0 Å². The SMILES string of the molecule is CNCC(C)COC1CCC(C)C(C)C1. The van der Waals surface area contributed by atoms with Gasteiger partial charge < -0.3 is 10.1 Å². The summed E-state index contributed by atoms with van der Waals surface area (Å²) in [6.07, 6.45) is 4.38. The summed E-state index contributed by atoms with van der Waals surface area (Å²) < 4.78 is 5.98. The summed E-state index contributed by atoms with van der Waals surface area (Å²) >= 11 is 0. The first kappa shape index (κ1) is 13.0. The lowest BCUT2D eigenvalue weighted by molar-refractivity contribution is -0.0112. The van der Waals surface area contributed by atoms with Gasteiger partial charge in [-0.25, -0.2) is 0 Å². The van der Waals surface area contributed by atoms with E-state index in [2.05, 4.69) is 26.1 Å². The summed E-state index contributed by atoms with van der Waals surface area (Å²) in [5.74, 6) is 2.35. The zero-order valence-corrected chi connectivity index (χ0v) is 10.8. The monoisotopic (exact) mass is 213 g/mol. The van der Waals surface area contributed by atoms with Crippen LogP contribution in [-0.4, -0.2) is 26.3 Å². The van der Waals surface area contributed by atoms with Crippen LogP contribution < -0.4 is 5.32 Å². The molecular weight excluding hydrogens is 186 g/mol. The first-order chi connectivity index (χ1) is 7.13. The van der Waals surface area contributed by atoms with Gasteiger partial charge in [-0.2, -0.15) is 0 Å². The van der Waals surface area contributed by atoms with Crippen molar-refractivity contribution >= 4 is 0 Å². The van der Waals surface area contributed by atoms with Gasteiger partial charge in [0.1, 0.15) is 0 Å². The van der Waals surface area contributed by atoms with Crippen LogP contribution in [0.15, 0.2) is 0 Å². The Labute approximate surface area is 94.8 Å². The second-order valence-corrected chi connectivity index (χ2v) is 5.39. The molecule has 1 rings (SSSR count). The molecule has 2 heteroatoms. The Bertz CT molecular complexity index is 172. The largest absolute Gasteiger partial charge is 0.378 e. The fraction of sp³-hybridized carbons (Fsp3) is 1.00. The molecule has 4 unspecified atom stereocenters. The lowest BCUT2D eigenvalue weighted by Gasteiger charge is -2.32. The van der Waals surface area contributed by atoms with E-state index in [-0.39, 0.29) is 0 Å². The topological polar surface area (TPSA) is 21.3 Å². The third kappa shape index (κ3) is 4.52. The van der Waals surface area contributed by atoms with Crippen molar-refractivity contribution in [2.75, 3.05) is 20.2 Å². The molecule has 1 aliphatic rings. The van der Waals surface area contributed by atoms with Gasteiger partial charge in [0, 0.05) is 0 Å². The van der Waals surface area contributed by atoms with Crippen molar-refractivity contribution in [2.24, 2.45) is 17.8 Å². The maximum absolute atomic E-state index is 5.98. The van der Waals surface area contributed by atoms with Crippen LogP contribution in [0.2, 0.25) is 0 Å². The quantitative estimate of drug-likeness (QED) is 0.758. The normalized spacial score (nSPS) is 34.0. The van der Waals surface area contributed by atoms with E-state index in [4.69, 9.17) is 4.74 Å². The molecule has 0 radical (unpaired) electrons. The summed E-state index contributed by atoms with van der Waals surface area (Å²) in [5.41, 5.74) is 0. The van der Waals surface area contributed by atoms with Crippen molar-refractivity contribution in [1.29, 1.82) is 0 Å². The summed E-state index contributed by atoms with van der Waals surface area (Å²) in [6.45, 7) is 8.93. The standard InChI is InChI=1S/C13H27NO/c1-10(8-14-4)9-15-13-6-5-11(2)12(3)7-13/h10-14H,5-9H2,1-4H3. The molecule has 0 saturated heterocycles. The van der Waals surface area contributed by atoms with Crippen molar-refractivity contribution in [3.63, 3.8) is 0 Å². The predicted molar refractivity (Wildman–Crippen MR) is 65.0 cm³/mol. The van der Waals surface area contributed by atoms with Crippen molar-refractivity contribution in [2.45, 2.75) is 46.1 Å². The Morgan fingerprint density at radius 1 is 1.27 bits per heavy atom. The molecule has 4 atom stereocenters. The molecular formula is C13H27NO. The van der Waals surface area contributed by atoms with Gasteiger partial charge >= 0.3 is 0 Å².